The summed E-state index contributed by atoms with van der Waals surface area (Å²) in [7, 11) is 0. The molecule has 1 saturated heterocycles. The summed E-state index contributed by atoms with van der Waals surface area (Å²) in [5.74, 6) is 0.698. The first-order valence-electron chi connectivity index (χ1n) is 6.50. The summed E-state index contributed by atoms with van der Waals surface area (Å²) in [5.41, 5.74) is 1.33. The molecule has 0 N–H and O–H groups in total. The van der Waals surface area contributed by atoms with Gasteiger partial charge in [0.05, 0.1) is 0 Å². The van der Waals surface area contributed by atoms with Crippen molar-refractivity contribution >= 4 is 5.78 Å². The van der Waals surface area contributed by atoms with E-state index in [0.29, 0.717) is 5.78 Å². The molecule has 1 heterocycles. The maximum Gasteiger partial charge on any atom is 0.136 e. The fourth-order valence-electron chi connectivity index (χ4n) is 2.34. The predicted molar refractivity (Wildman–Crippen MR) is 67.9 cm³/mol. The molecule has 17 heavy (non-hydrogen) atoms. The molecule has 2 heteroatoms. The molecule has 2 nitrogen and oxygen atoms in total. The van der Waals surface area contributed by atoms with Gasteiger partial charge in [-0.2, -0.15) is 0 Å². The Hall–Kier alpha value is -1.15. The van der Waals surface area contributed by atoms with Crippen LogP contribution >= 0.6 is 0 Å². The minimum absolute atomic E-state index is 0.263. The molecular weight excluding hydrogens is 212 g/mol. The highest BCUT2D eigenvalue weighted by atomic mass is 16.5. The second-order valence-corrected chi connectivity index (χ2v) is 4.69. The highest BCUT2D eigenvalue weighted by Gasteiger charge is 2.20. The third kappa shape index (κ3) is 3.97. The molecule has 1 aliphatic heterocycles. The lowest BCUT2D eigenvalue weighted by Crippen LogP contribution is -2.23. The first-order chi connectivity index (χ1) is 8.36. The summed E-state index contributed by atoms with van der Waals surface area (Å²) < 4.78 is 5.27. The molecule has 92 valence electrons. The van der Waals surface area contributed by atoms with Crippen LogP contribution in [0.3, 0.4) is 0 Å². The monoisotopic (exact) mass is 232 g/mol. The van der Waals surface area contributed by atoms with Crippen LogP contribution in [-0.4, -0.2) is 19.0 Å². The Labute approximate surface area is 103 Å². The lowest BCUT2D eigenvalue weighted by atomic mass is 9.92. The van der Waals surface area contributed by atoms with Gasteiger partial charge in [-0.25, -0.2) is 0 Å². The van der Waals surface area contributed by atoms with Gasteiger partial charge in [-0.1, -0.05) is 30.3 Å². The molecule has 0 amide bonds. The third-order valence-electron chi connectivity index (χ3n) is 3.41. The van der Waals surface area contributed by atoms with Crippen molar-refractivity contribution in [3.63, 3.8) is 0 Å². The summed E-state index contributed by atoms with van der Waals surface area (Å²) in [6, 6.07) is 10.4. The van der Waals surface area contributed by atoms with Gasteiger partial charge in [-0.05, 0) is 31.2 Å². The molecule has 0 bridgehead atoms. The second-order valence-electron chi connectivity index (χ2n) is 4.69. The lowest BCUT2D eigenvalue weighted by Gasteiger charge is -2.20. The third-order valence-corrected chi connectivity index (χ3v) is 3.41. The Bertz CT molecular complexity index is 339. The van der Waals surface area contributed by atoms with Crippen LogP contribution in [0.25, 0.3) is 0 Å². The van der Waals surface area contributed by atoms with Crippen molar-refractivity contribution in [3.8, 4) is 0 Å². The second kappa shape index (κ2) is 6.55. The average Bonchev–Trinajstić information content (AvgIpc) is 2.41. The van der Waals surface area contributed by atoms with Gasteiger partial charge in [0.25, 0.3) is 0 Å². The molecule has 1 aromatic carbocycles. The lowest BCUT2D eigenvalue weighted by molar-refractivity contribution is -0.125. The molecule has 1 aliphatic rings. The summed E-state index contributed by atoms with van der Waals surface area (Å²) in [6.07, 6.45) is 4.55. The van der Waals surface area contributed by atoms with Crippen LogP contribution < -0.4 is 0 Å². The molecule has 1 fully saturated rings. The molecule has 0 saturated carbocycles. The average molecular weight is 232 g/mol. The number of ketones is 1. The minimum atomic E-state index is 0.263. The summed E-state index contributed by atoms with van der Waals surface area (Å²) >= 11 is 0. The Kier molecular flexibility index (Phi) is 4.75. The molecule has 2 rings (SSSR count). The zero-order chi connectivity index (χ0) is 11.9. The number of benzene rings is 1. The van der Waals surface area contributed by atoms with E-state index in [1.54, 1.807) is 0 Å². The largest absolute Gasteiger partial charge is 0.381 e. The van der Waals surface area contributed by atoms with E-state index in [-0.39, 0.29) is 5.92 Å². The van der Waals surface area contributed by atoms with Gasteiger partial charge < -0.3 is 4.74 Å². The minimum Gasteiger partial charge on any atom is -0.381 e. The van der Waals surface area contributed by atoms with Gasteiger partial charge in [-0.3, -0.25) is 4.79 Å². The maximum atomic E-state index is 11.9. The fourth-order valence-corrected chi connectivity index (χ4v) is 2.34. The van der Waals surface area contributed by atoms with Gasteiger partial charge in [-0.15, -0.1) is 0 Å². The highest BCUT2D eigenvalue weighted by molar-refractivity contribution is 5.81. The van der Waals surface area contributed by atoms with E-state index in [4.69, 9.17) is 4.74 Å². The standard InChI is InChI=1S/C15H20O2/c16-15(14-9-11-17-12-10-14)8-4-7-13-5-2-1-3-6-13/h1-3,5-6,14H,4,7-12H2. The predicted octanol–water partition coefficient (Wildman–Crippen LogP) is 3.01. The van der Waals surface area contributed by atoms with Crippen LogP contribution in [0, 0.1) is 5.92 Å². The topological polar surface area (TPSA) is 26.3 Å². The van der Waals surface area contributed by atoms with Gasteiger partial charge in [0, 0.05) is 25.6 Å². The molecule has 0 atom stereocenters. The van der Waals surface area contributed by atoms with Crippen LogP contribution in [0.1, 0.15) is 31.2 Å². The first kappa shape index (κ1) is 12.3. The van der Waals surface area contributed by atoms with Crippen LogP contribution in [-0.2, 0) is 16.0 Å². The molecule has 0 spiro atoms. The summed E-state index contributed by atoms with van der Waals surface area (Å²) in [5, 5.41) is 0. The van der Waals surface area contributed by atoms with Crippen LogP contribution in [0.2, 0.25) is 0 Å². The normalized spacial score (nSPS) is 16.9. The zero-order valence-corrected chi connectivity index (χ0v) is 10.2. The SMILES string of the molecule is O=C(CCCc1ccccc1)C1CCOCC1. The number of hydrogen-bond donors (Lipinski definition) is 0. The molecule has 0 unspecified atom stereocenters. The smallest absolute Gasteiger partial charge is 0.136 e. The van der Waals surface area contributed by atoms with Crippen LogP contribution in [0.15, 0.2) is 30.3 Å². The number of hydrogen-bond acceptors (Lipinski definition) is 2. The van der Waals surface area contributed by atoms with E-state index in [1.807, 2.05) is 6.07 Å². The Morgan fingerprint density at radius 2 is 1.88 bits per heavy atom. The van der Waals surface area contributed by atoms with E-state index in [2.05, 4.69) is 24.3 Å². The number of Topliss-reactive ketones (excluding diaryl/α,β-unsaturated/α-hetero) is 1. The highest BCUT2D eigenvalue weighted by Crippen LogP contribution is 2.18. The van der Waals surface area contributed by atoms with E-state index < -0.39 is 0 Å². The van der Waals surface area contributed by atoms with Crippen molar-refractivity contribution in [2.75, 3.05) is 13.2 Å². The van der Waals surface area contributed by atoms with Gasteiger partial charge in [0.1, 0.15) is 5.78 Å². The summed E-state index contributed by atoms with van der Waals surface area (Å²) in [6.45, 7) is 1.52. The van der Waals surface area contributed by atoms with Gasteiger partial charge in [0.15, 0.2) is 0 Å². The van der Waals surface area contributed by atoms with Crippen molar-refractivity contribution in [1.29, 1.82) is 0 Å². The first-order valence-corrected chi connectivity index (χ1v) is 6.50. The number of ether oxygens (including phenoxy) is 1. The Morgan fingerprint density at radius 3 is 2.59 bits per heavy atom. The Morgan fingerprint density at radius 1 is 1.18 bits per heavy atom. The van der Waals surface area contributed by atoms with Crippen molar-refractivity contribution in [2.24, 2.45) is 5.92 Å². The van der Waals surface area contributed by atoms with Gasteiger partial charge >= 0.3 is 0 Å². The molecule has 0 aliphatic carbocycles. The number of carbonyl (C=O) groups excluding carboxylic acids is 1. The Balaban J connectivity index is 1.69. The number of aryl methyl sites for hydroxylation is 1. The van der Waals surface area contributed by atoms with Crippen LogP contribution in [0.4, 0.5) is 0 Å². The quantitative estimate of drug-likeness (QED) is 0.780. The molecule has 0 aromatic heterocycles. The molecular formula is C15H20O2. The number of carbonyl (C=O) groups is 1. The van der Waals surface area contributed by atoms with Crippen LogP contribution in [0.5, 0.6) is 0 Å². The van der Waals surface area contributed by atoms with E-state index in [1.165, 1.54) is 5.56 Å². The van der Waals surface area contributed by atoms with Crippen molar-refractivity contribution in [1.82, 2.24) is 0 Å². The van der Waals surface area contributed by atoms with Crippen molar-refractivity contribution in [2.45, 2.75) is 32.1 Å². The van der Waals surface area contributed by atoms with Crippen molar-refractivity contribution in [3.05, 3.63) is 35.9 Å². The maximum absolute atomic E-state index is 11.9. The van der Waals surface area contributed by atoms with E-state index in [0.717, 1.165) is 45.3 Å². The number of rotatable bonds is 5. The molecule has 1 aromatic rings. The molecule has 0 radical (unpaired) electrons. The zero-order valence-electron chi connectivity index (χ0n) is 10.2. The van der Waals surface area contributed by atoms with E-state index in [9.17, 15) is 4.79 Å². The fraction of sp³-hybridized carbons (Fsp3) is 0.533. The van der Waals surface area contributed by atoms with Crippen molar-refractivity contribution < 1.29 is 9.53 Å². The summed E-state index contributed by atoms with van der Waals surface area (Å²) in [4.78, 5) is 11.9. The van der Waals surface area contributed by atoms with Gasteiger partial charge in [0.2, 0.25) is 0 Å². The van der Waals surface area contributed by atoms with E-state index >= 15 is 0 Å².